The number of hydrogen-bond acceptors (Lipinski definition) is 3. The smallest absolute Gasteiger partial charge is 0.252 e. The third-order valence-corrected chi connectivity index (χ3v) is 5.27. The number of rotatable bonds is 5. The summed E-state index contributed by atoms with van der Waals surface area (Å²) in [5.74, 6) is -0.103. The number of nitrogens with one attached hydrogen (secondary N) is 1. The minimum atomic E-state index is -0.103. The molecule has 4 rings (SSSR count). The minimum absolute atomic E-state index is 0.103. The van der Waals surface area contributed by atoms with Crippen molar-refractivity contribution in [2.75, 3.05) is 18.0 Å². The van der Waals surface area contributed by atoms with Crippen molar-refractivity contribution in [2.24, 2.45) is 0 Å². The molecule has 0 aliphatic carbocycles. The molecule has 3 aromatic rings. The first-order valence-corrected chi connectivity index (χ1v) is 9.91. The van der Waals surface area contributed by atoms with Crippen molar-refractivity contribution in [1.29, 1.82) is 0 Å². The number of carbonyl (C=O) groups excluding carboxylic acids is 1. The Bertz CT molecular complexity index is 972. The summed E-state index contributed by atoms with van der Waals surface area (Å²) in [6, 6.07) is 18.0. The maximum Gasteiger partial charge on any atom is 0.252 e. The highest BCUT2D eigenvalue weighted by molar-refractivity contribution is 6.30. The number of amides is 1. The van der Waals surface area contributed by atoms with E-state index in [0.29, 0.717) is 12.1 Å². The van der Waals surface area contributed by atoms with Crippen molar-refractivity contribution >= 4 is 28.9 Å². The zero-order valence-electron chi connectivity index (χ0n) is 15.6. The number of para-hydroxylation sites is 1. The van der Waals surface area contributed by atoms with Crippen LogP contribution in [-0.2, 0) is 12.8 Å². The molecular formula is C23H22ClN3O. The van der Waals surface area contributed by atoms with E-state index < -0.39 is 0 Å². The molecule has 2 aromatic carbocycles. The summed E-state index contributed by atoms with van der Waals surface area (Å²) < 4.78 is 0. The Kier molecular flexibility index (Phi) is 5.58. The Morgan fingerprint density at radius 2 is 1.93 bits per heavy atom. The molecule has 1 amide bonds. The van der Waals surface area contributed by atoms with E-state index in [1.165, 1.54) is 11.3 Å². The maximum atomic E-state index is 12.6. The van der Waals surface area contributed by atoms with Gasteiger partial charge in [-0.25, -0.2) is 0 Å². The molecule has 1 aromatic heterocycles. The second kappa shape index (κ2) is 8.44. The third-order valence-electron chi connectivity index (χ3n) is 5.02. The minimum Gasteiger partial charge on any atom is -0.352 e. The van der Waals surface area contributed by atoms with Crippen LogP contribution in [0.2, 0.25) is 5.02 Å². The Morgan fingerprint density at radius 3 is 2.79 bits per heavy atom. The molecule has 0 fully saturated rings. The Balaban J connectivity index is 1.44. The van der Waals surface area contributed by atoms with Gasteiger partial charge in [-0.2, -0.15) is 0 Å². The van der Waals surface area contributed by atoms with Crippen LogP contribution in [0.1, 0.15) is 27.9 Å². The van der Waals surface area contributed by atoms with Crippen molar-refractivity contribution in [3.8, 4) is 0 Å². The number of aromatic nitrogens is 1. The first kappa shape index (κ1) is 18.5. The zero-order valence-corrected chi connectivity index (χ0v) is 16.3. The molecule has 0 radical (unpaired) electrons. The molecule has 0 saturated carbocycles. The molecule has 1 aliphatic rings. The van der Waals surface area contributed by atoms with Crippen LogP contribution in [0.15, 0.2) is 67.0 Å². The number of carbonyl (C=O) groups is 1. The van der Waals surface area contributed by atoms with Crippen LogP contribution >= 0.6 is 11.6 Å². The van der Waals surface area contributed by atoms with Crippen LogP contribution in [0.4, 0.5) is 11.4 Å². The predicted molar refractivity (Wildman–Crippen MR) is 113 cm³/mol. The van der Waals surface area contributed by atoms with Crippen LogP contribution in [0.5, 0.6) is 0 Å². The number of anilines is 2. The standard InChI is InChI=1S/C23H22ClN3O/c24-20-9-7-17(8-10-20)11-12-26-23(28)19-14-21(16-25-15-19)27-13-3-5-18-4-1-2-6-22(18)27/h1-2,4,6-10,14-16H,3,5,11-13H2,(H,26,28). The van der Waals surface area contributed by atoms with Crippen molar-refractivity contribution < 1.29 is 4.79 Å². The average molecular weight is 392 g/mol. The summed E-state index contributed by atoms with van der Waals surface area (Å²) in [5.41, 5.74) is 5.22. The summed E-state index contributed by atoms with van der Waals surface area (Å²) in [4.78, 5) is 19.1. The van der Waals surface area contributed by atoms with Crippen molar-refractivity contribution in [2.45, 2.75) is 19.3 Å². The molecule has 2 heterocycles. The first-order valence-electron chi connectivity index (χ1n) is 9.54. The van der Waals surface area contributed by atoms with Gasteiger partial charge in [-0.3, -0.25) is 9.78 Å². The van der Waals surface area contributed by atoms with Gasteiger partial charge in [0.2, 0.25) is 0 Å². The second-order valence-corrected chi connectivity index (χ2v) is 7.38. The fourth-order valence-electron chi connectivity index (χ4n) is 3.57. The summed E-state index contributed by atoms with van der Waals surface area (Å²) in [5, 5.41) is 3.70. The van der Waals surface area contributed by atoms with E-state index in [1.54, 1.807) is 6.20 Å². The topological polar surface area (TPSA) is 45.2 Å². The third kappa shape index (κ3) is 4.18. The lowest BCUT2D eigenvalue weighted by Crippen LogP contribution is -2.27. The van der Waals surface area contributed by atoms with Gasteiger partial charge in [-0.05, 0) is 54.7 Å². The molecule has 0 spiro atoms. The van der Waals surface area contributed by atoms with E-state index in [0.717, 1.165) is 42.1 Å². The van der Waals surface area contributed by atoms with E-state index in [2.05, 4.69) is 39.5 Å². The Labute approximate surface area is 170 Å². The molecular weight excluding hydrogens is 370 g/mol. The Morgan fingerprint density at radius 1 is 1.11 bits per heavy atom. The highest BCUT2D eigenvalue weighted by Crippen LogP contribution is 2.33. The number of nitrogens with zero attached hydrogens (tertiary/aromatic N) is 2. The van der Waals surface area contributed by atoms with Crippen LogP contribution in [0.25, 0.3) is 0 Å². The lowest BCUT2D eigenvalue weighted by Gasteiger charge is -2.31. The molecule has 0 atom stereocenters. The van der Waals surface area contributed by atoms with E-state index in [4.69, 9.17) is 11.6 Å². The number of aryl methyl sites for hydroxylation is 1. The van der Waals surface area contributed by atoms with Gasteiger partial charge in [0, 0.05) is 30.0 Å². The SMILES string of the molecule is O=C(NCCc1ccc(Cl)cc1)c1cncc(N2CCCc3ccccc32)c1. The van der Waals surface area contributed by atoms with E-state index >= 15 is 0 Å². The number of pyridine rings is 1. The maximum absolute atomic E-state index is 12.6. The van der Waals surface area contributed by atoms with Crippen LogP contribution in [-0.4, -0.2) is 24.0 Å². The van der Waals surface area contributed by atoms with Crippen molar-refractivity contribution in [3.05, 3.63) is 88.7 Å². The van der Waals surface area contributed by atoms with E-state index in [1.807, 2.05) is 36.5 Å². The highest BCUT2D eigenvalue weighted by atomic mass is 35.5. The van der Waals surface area contributed by atoms with Crippen LogP contribution in [0.3, 0.4) is 0 Å². The first-order chi connectivity index (χ1) is 13.7. The van der Waals surface area contributed by atoms with Gasteiger partial charge in [0.25, 0.3) is 5.91 Å². The molecule has 4 nitrogen and oxygen atoms in total. The molecule has 142 valence electrons. The van der Waals surface area contributed by atoms with Crippen LogP contribution < -0.4 is 10.2 Å². The Hall–Kier alpha value is -2.85. The monoisotopic (exact) mass is 391 g/mol. The lowest BCUT2D eigenvalue weighted by atomic mass is 10.0. The molecule has 0 bridgehead atoms. The van der Waals surface area contributed by atoms with Crippen molar-refractivity contribution in [1.82, 2.24) is 10.3 Å². The molecule has 5 heteroatoms. The van der Waals surface area contributed by atoms with E-state index in [-0.39, 0.29) is 5.91 Å². The second-order valence-electron chi connectivity index (χ2n) is 6.95. The number of hydrogen-bond donors (Lipinski definition) is 1. The number of benzene rings is 2. The van der Waals surface area contributed by atoms with Gasteiger partial charge in [0.15, 0.2) is 0 Å². The quantitative estimate of drug-likeness (QED) is 0.680. The summed E-state index contributed by atoms with van der Waals surface area (Å²) in [6.07, 6.45) is 6.39. The molecule has 0 unspecified atom stereocenters. The van der Waals surface area contributed by atoms with Gasteiger partial charge < -0.3 is 10.2 Å². The van der Waals surface area contributed by atoms with Crippen molar-refractivity contribution in [3.63, 3.8) is 0 Å². The lowest BCUT2D eigenvalue weighted by molar-refractivity contribution is 0.0954. The van der Waals surface area contributed by atoms with Crippen LogP contribution in [0, 0.1) is 0 Å². The van der Waals surface area contributed by atoms with Gasteiger partial charge in [0.1, 0.15) is 0 Å². The average Bonchev–Trinajstić information content (AvgIpc) is 2.75. The number of fused-ring (bicyclic) bond motifs is 1. The van der Waals surface area contributed by atoms with Gasteiger partial charge in [-0.1, -0.05) is 41.9 Å². The normalized spacial score (nSPS) is 13.1. The fourth-order valence-corrected chi connectivity index (χ4v) is 3.70. The predicted octanol–water partition coefficient (Wildman–Crippen LogP) is 4.79. The molecule has 0 saturated heterocycles. The largest absolute Gasteiger partial charge is 0.352 e. The summed E-state index contributed by atoms with van der Waals surface area (Å²) >= 11 is 5.91. The molecule has 1 N–H and O–H groups in total. The summed E-state index contributed by atoms with van der Waals surface area (Å²) in [6.45, 7) is 1.50. The molecule has 28 heavy (non-hydrogen) atoms. The zero-order chi connectivity index (χ0) is 19.3. The van der Waals surface area contributed by atoms with Gasteiger partial charge >= 0.3 is 0 Å². The number of halogens is 1. The highest BCUT2D eigenvalue weighted by Gasteiger charge is 2.19. The van der Waals surface area contributed by atoms with Gasteiger partial charge in [0.05, 0.1) is 17.4 Å². The van der Waals surface area contributed by atoms with E-state index in [9.17, 15) is 4.79 Å². The summed E-state index contributed by atoms with van der Waals surface area (Å²) in [7, 11) is 0. The van der Waals surface area contributed by atoms with Gasteiger partial charge in [-0.15, -0.1) is 0 Å². The molecule has 1 aliphatic heterocycles. The fraction of sp³-hybridized carbons (Fsp3) is 0.217.